The van der Waals surface area contributed by atoms with Crippen molar-refractivity contribution in [2.75, 3.05) is 13.7 Å². The van der Waals surface area contributed by atoms with Gasteiger partial charge in [-0.15, -0.1) is 0 Å². The molecule has 1 atom stereocenters. The quantitative estimate of drug-likeness (QED) is 0.292. The average Bonchev–Trinajstić information content (AvgIpc) is 3.02. The number of aliphatic hydroxyl groups is 1. The van der Waals surface area contributed by atoms with Crippen LogP contribution in [0.4, 0.5) is 0 Å². The second-order valence-corrected chi connectivity index (χ2v) is 7.35. The first-order valence-corrected chi connectivity index (χ1v) is 10.2. The van der Waals surface area contributed by atoms with Crippen LogP contribution >= 0.6 is 0 Å². The van der Waals surface area contributed by atoms with Crippen molar-refractivity contribution in [3.8, 4) is 11.5 Å². The van der Waals surface area contributed by atoms with Gasteiger partial charge < -0.3 is 19.8 Å². The van der Waals surface area contributed by atoms with Gasteiger partial charge in [-0.2, -0.15) is 0 Å². The summed E-state index contributed by atoms with van der Waals surface area (Å²) in [5.74, 6) is -1.33. The van der Waals surface area contributed by atoms with Gasteiger partial charge in [-0.25, -0.2) is 0 Å². The third-order valence-electron chi connectivity index (χ3n) is 5.36. The summed E-state index contributed by atoms with van der Waals surface area (Å²) in [4.78, 5) is 27.3. The smallest absolute Gasteiger partial charge is 0.295 e. The summed E-state index contributed by atoms with van der Waals surface area (Å²) >= 11 is 0. The van der Waals surface area contributed by atoms with E-state index in [1.807, 2.05) is 6.07 Å². The van der Waals surface area contributed by atoms with Gasteiger partial charge in [0.1, 0.15) is 5.76 Å². The molecule has 0 unspecified atom stereocenters. The Bertz CT molecular complexity index is 951. The molecule has 30 heavy (non-hydrogen) atoms. The second kappa shape index (κ2) is 9.48. The number of ether oxygens (including phenoxy) is 1. The normalized spacial score (nSPS) is 18.1. The van der Waals surface area contributed by atoms with Crippen LogP contribution < -0.4 is 4.74 Å². The number of ketones is 1. The van der Waals surface area contributed by atoms with Crippen LogP contribution in [-0.2, 0) is 9.59 Å². The Morgan fingerprint density at radius 1 is 1.07 bits per heavy atom. The average molecular weight is 409 g/mol. The third kappa shape index (κ3) is 4.17. The lowest BCUT2D eigenvalue weighted by atomic mass is 9.95. The lowest BCUT2D eigenvalue weighted by Crippen LogP contribution is -2.30. The summed E-state index contributed by atoms with van der Waals surface area (Å²) in [5.41, 5.74) is 1.11. The van der Waals surface area contributed by atoms with E-state index in [9.17, 15) is 19.8 Å². The Morgan fingerprint density at radius 2 is 1.80 bits per heavy atom. The van der Waals surface area contributed by atoms with Crippen LogP contribution in [0.15, 0.2) is 54.1 Å². The molecule has 1 saturated heterocycles. The second-order valence-electron chi connectivity index (χ2n) is 7.35. The highest BCUT2D eigenvalue weighted by Gasteiger charge is 2.45. The molecule has 0 saturated carbocycles. The molecule has 6 nitrogen and oxygen atoms in total. The van der Waals surface area contributed by atoms with E-state index in [0.29, 0.717) is 17.7 Å². The summed E-state index contributed by atoms with van der Waals surface area (Å²) in [6.45, 7) is 2.51. The minimum absolute atomic E-state index is 0.0378. The Balaban J connectivity index is 2.10. The highest BCUT2D eigenvalue weighted by Crippen LogP contribution is 2.41. The Morgan fingerprint density at radius 3 is 2.47 bits per heavy atom. The van der Waals surface area contributed by atoms with Crippen LogP contribution in [0.1, 0.15) is 49.8 Å². The van der Waals surface area contributed by atoms with E-state index in [4.69, 9.17) is 4.74 Å². The van der Waals surface area contributed by atoms with Crippen molar-refractivity contribution in [1.29, 1.82) is 0 Å². The van der Waals surface area contributed by atoms with Gasteiger partial charge in [-0.05, 0) is 24.1 Å². The van der Waals surface area contributed by atoms with Crippen molar-refractivity contribution >= 4 is 17.4 Å². The molecule has 1 aliphatic heterocycles. The third-order valence-corrected chi connectivity index (χ3v) is 5.36. The number of rotatable bonds is 8. The number of methoxy groups -OCH3 is 1. The van der Waals surface area contributed by atoms with Gasteiger partial charge in [0.15, 0.2) is 11.5 Å². The molecule has 1 amide bonds. The molecule has 2 aromatic carbocycles. The fourth-order valence-corrected chi connectivity index (χ4v) is 3.78. The standard InChI is InChI=1S/C24H27NO5/c1-3-4-5-9-14-25-21(17-12-13-18(26)19(15-17)30-2)20(23(28)24(25)29)22(27)16-10-7-6-8-11-16/h6-8,10-13,15,21,26-27H,3-5,9,14H2,1-2H3/t21-/m1/s1. The van der Waals surface area contributed by atoms with Crippen molar-refractivity contribution < 1.29 is 24.5 Å². The van der Waals surface area contributed by atoms with Gasteiger partial charge in [-0.3, -0.25) is 9.59 Å². The van der Waals surface area contributed by atoms with Crippen molar-refractivity contribution in [2.45, 2.75) is 38.6 Å². The summed E-state index contributed by atoms with van der Waals surface area (Å²) in [5, 5.41) is 20.9. The first-order chi connectivity index (χ1) is 14.5. The number of carbonyl (C=O) groups excluding carboxylic acids is 2. The molecule has 6 heteroatoms. The lowest BCUT2D eigenvalue weighted by molar-refractivity contribution is -0.139. The highest BCUT2D eigenvalue weighted by atomic mass is 16.5. The van der Waals surface area contributed by atoms with Gasteiger partial charge in [-0.1, -0.05) is 62.6 Å². The van der Waals surface area contributed by atoms with Crippen LogP contribution in [-0.4, -0.2) is 40.5 Å². The number of nitrogens with zero attached hydrogens (tertiary/aromatic N) is 1. The van der Waals surface area contributed by atoms with Crippen molar-refractivity contribution in [3.63, 3.8) is 0 Å². The summed E-state index contributed by atoms with van der Waals surface area (Å²) in [7, 11) is 1.44. The predicted octanol–water partition coefficient (Wildman–Crippen LogP) is 4.40. The molecule has 0 bridgehead atoms. The first kappa shape index (κ1) is 21.4. The zero-order chi connectivity index (χ0) is 21.7. The number of likely N-dealkylation sites (tertiary alicyclic amines) is 1. The Kier molecular flexibility index (Phi) is 6.77. The fourth-order valence-electron chi connectivity index (χ4n) is 3.78. The van der Waals surface area contributed by atoms with Gasteiger partial charge in [0, 0.05) is 12.1 Å². The van der Waals surface area contributed by atoms with Gasteiger partial charge in [0.2, 0.25) is 0 Å². The van der Waals surface area contributed by atoms with E-state index in [1.54, 1.807) is 36.4 Å². The van der Waals surface area contributed by atoms with Crippen molar-refractivity contribution in [1.82, 2.24) is 4.90 Å². The van der Waals surface area contributed by atoms with Crippen LogP contribution in [0.2, 0.25) is 0 Å². The number of aliphatic hydroxyl groups excluding tert-OH is 1. The maximum atomic E-state index is 12.9. The van der Waals surface area contributed by atoms with Crippen LogP contribution in [0, 0.1) is 0 Å². The van der Waals surface area contributed by atoms with E-state index in [-0.39, 0.29) is 22.8 Å². The summed E-state index contributed by atoms with van der Waals surface area (Å²) in [6.07, 6.45) is 3.82. The molecule has 0 aromatic heterocycles. The van der Waals surface area contributed by atoms with Gasteiger partial charge >= 0.3 is 0 Å². The van der Waals surface area contributed by atoms with Crippen LogP contribution in [0.5, 0.6) is 11.5 Å². The fraction of sp³-hybridized carbons (Fsp3) is 0.333. The molecule has 158 valence electrons. The molecule has 2 aromatic rings. The maximum absolute atomic E-state index is 12.9. The molecule has 3 rings (SSSR count). The topological polar surface area (TPSA) is 87.1 Å². The van der Waals surface area contributed by atoms with E-state index in [2.05, 4.69) is 6.92 Å². The zero-order valence-corrected chi connectivity index (χ0v) is 17.3. The van der Waals surface area contributed by atoms with Gasteiger partial charge in [0.25, 0.3) is 11.7 Å². The minimum Gasteiger partial charge on any atom is -0.507 e. The number of unbranched alkanes of at least 4 members (excludes halogenated alkanes) is 3. The molecular formula is C24H27NO5. The Hall–Kier alpha value is -3.28. The molecule has 0 radical (unpaired) electrons. The number of phenols is 1. The van der Waals surface area contributed by atoms with E-state index < -0.39 is 17.7 Å². The SMILES string of the molecule is CCCCCCN1C(=O)C(=O)C(=C(O)c2ccccc2)[C@H]1c1ccc(O)c(OC)c1. The largest absolute Gasteiger partial charge is 0.507 e. The lowest BCUT2D eigenvalue weighted by Gasteiger charge is -2.25. The van der Waals surface area contributed by atoms with Gasteiger partial charge in [0.05, 0.1) is 18.7 Å². The number of Topliss-reactive ketones (excluding diaryl/α,β-unsaturated/α-hetero) is 1. The molecule has 1 aliphatic rings. The van der Waals surface area contributed by atoms with E-state index >= 15 is 0 Å². The molecule has 2 N–H and O–H groups in total. The van der Waals surface area contributed by atoms with Crippen molar-refractivity contribution in [3.05, 3.63) is 65.2 Å². The summed E-state index contributed by atoms with van der Waals surface area (Å²) in [6, 6.07) is 12.7. The molecule has 0 aliphatic carbocycles. The number of benzene rings is 2. The molecule has 0 spiro atoms. The number of aromatic hydroxyl groups is 1. The number of carbonyl (C=O) groups is 2. The van der Waals surface area contributed by atoms with E-state index in [1.165, 1.54) is 18.1 Å². The molecule has 1 heterocycles. The first-order valence-electron chi connectivity index (χ1n) is 10.2. The van der Waals surface area contributed by atoms with Crippen LogP contribution in [0.25, 0.3) is 5.76 Å². The van der Waals surface area contributed by atoms with Crippen molar-refractivity contribution in [2.24, 2.45) is 0 Å². The minimum atomic E-state index is -0.749. The maximum Gasteiger partial charge on any atom is 0.295 e. The number of amides is 1. The van der Waals surface area contributed by atoms with Crippen LogP contribution in [0.3, 0.4) is 0 Å². The monoisotopic (exact) mass is 409 g/mol. The zero-order valence-electron chi connectivity index (χ0n) is 17.3. The number of hydrogen-bond donors (Lipinski definition) is 2. The number of hydrogen-bond acceptors (Lipinski definition) is 5. The summed E-state index contributed by atoms with van der Waals surface area (Å²) < 4.78 is 5.21. The molecule has 1 fully saturated rings. The van der Waals surface area contributed by atoms with E-state index in [0.717, 1.165) is 25.7 Å². The highest BCUT2D eigenvalue weighted by molar-refractivity contribution is 6.46. The molecular weight excluding hydrogens is 382 g/mol. The number of phenolic OH excluding ortho intramolecular Hbond substituents is 1. The predicted molar refractivity (Wildman–Crippen MR) is 114 cm³/mol. The Labute approximate surface area is 176 Å².